The Labute approximate surface area is 108 Å². The van der Waals surface area contributed by atoms with Crippen LogP contribution >= 0.6 is 0 Å². The highest BCUT2D eigenvalue weighted by Gasteiger charge is 2.20. The van der Waals surface area contributed by atoms with Crippen molar-refractivity contribution in [1.82, 2.24) is 4.98 Å². The zero-order valence-electron chi connectivity index (χ0n) is 10.9. The minimum Gasteiger partial charge on any atom is -0.492 e. The maximum absolute atomic E-state index is 9.03. The Kier molecular flexibility index (Phi) is 4.03. The summed E-state index contributed by atoms with van der Waals surface area (Å²) in [5.74, 6) is 2.07. The number of hydrogen-bond acceptors (Lipinski definition) is 4. The van der Waals surface area contributed by atoms with Gasteiger partial charge < -0.3 is 10.1 Å². The van der Waals surface area contributed by atoms with E-state index in [0.717, 1.165) is 18.8 Å². The van der Waals surface area contributed by atoms with E-state index in [0.29, 0.717) is 23.2 Å². The van der Waals surface area contributed by atoms with Gasteiger partial charge in [-0.3, -0.25) is 0 Å². The van der Waals surface area contributed by atoms with Crippen molar-refractivity contribution in [2.75, 3.05) is 12.4 Å². The molecule has 0 atom stereocenters. The largest absolute Gasteiger partial charge is 0.492 e. The lowest BCUT2D eigenvalue weighted by molar-refractivity contribution is 0.358. The van der Waals surface area contributed by atoms with Gasteiger partial charge in [-0.25, -0.2) is 4.98 Å². The van der Waals surface area contributed by atoms with Crippen molar-refractivity contribution in [3.63, 3.8) is 0 Å². The number of ether oxygens (including phenoxy) is 1. The van der Waals surface area contributed by atoms with Crippen molar-refractivity contribution in [2.24, 2.45) is 5.92 Å². The summed E-state index contributed by atoms with van der Waals surface area (Å²) in [6.07, 6.45) is 6.45. The number of anilines is 1. The van der Waals surface area contributed by atoms with Gasteiger partial charge in [0.25, 0.3) is 0 Å². The van der Waals surface area contributed by atoms with Crippen LogP contribution in [0.3, 0.4) is 0 Å². The van der Waals surface area contributed by atoms with E-state index < -0.39 is 0 Å². The number of aromatic nitrogens is 1. The molecule has 1 aromatic rings. The Morgan fingerprint density at radius 1 is 1.39 bits per heavy atom. The topological polar surface area (TPSA) is 57.9 Å². The lowest BCUT2D eigenvalue weighted by Gasteiger charge is -2.27. The molecule has 0 aliphatic heterocycles. The summed E-state index contributed by atoms with van der Waals surface area (Å²) in [5, 5.41) is 12.4. The van der Waals surface area contributed by atoms with Crippen molar-refractivity contribution in [3.8, 4) is 11.8 Å². The Morgan fingerprint density at radius 2 is 2.11 bits per heavy atom. The van der Waals surface area contributed by atoms with E-state index in [2.05, 4.69) is 23.3 Å². The molecular weight excluding hydrogens is 226 g/mol. The maximum Gasteiger partial charge on any atom is 0.178 e. The quantitative estimate of drug-likeness (QED) is 0.889. The van der Waals surface area contributed by atoms with Crippen molar-refractivity contribution in [2.45, 2.75) is 38.6 Å². The first-order chi connectivity index (χ1) is 8.74. The number of hydrogen-bond donors (Lipinski definition) is 1. The second kappa shape index (κ2) is 5.72. The smallest absolute Gasteiger partial charge is 0.178 e. The average Bonchev–Trinajstić information content (AvgIpc) is 2.41. The van der Waals surface area contributed by atoms with E-state index in [-0.39, 0.29) is 0 Å². The molecule has 0 bridgehead atoms. The van der Waals surface area contributed by atoms with Crippen LogP contribution in [0.1, 0.15) is 38.2 Å². The molecule has 2 rings (SSSR count). The molecule has 4 nitrogen and oxygen atoms in total. The van der Waals surface area contributed by atoms with Crippen molar-refractivity contribution in [3.05, 3.63) is 17.8 Å². The fourth-order valence-electron chi connectivity index (χ4n) is 2.44. The molecule has 1 N–H and O–H groups in total. The van der Waals surface area contributed by atoms with E-state index in [4.69, 9.17) is 10.00 Å². The van der Waals surface area contributed by atoms with Gasteiger partial charge in [-0.2, -0.15) is 5.26 Å². The van der Waals surface area contributed by atoms with Crippen LogP contribution in [0.4, 0.5) is 5.82 Å². The third kappa shape index (κ3) is 2.73. The minimum atomic E-state index is 0.441. The molecule has 0 amide bonds. The monoisotopic (exact) mass is 245 g/mol. The van der Waals surface area contributed by atoms with Crippen LogP contribution < -0.4 is 10.1 Å². The zero-order chi connectivity index (χ0) is 13.0. The Bertz CT molecular complexity index is 445. The van der Waals surface area contributed by atoms with Gasteiger partial charge in [-0.05, 0) is 37.7 Å². The Morgan fingerprint density at radius 3 is 2.72 bits per heavy atom. The average molecular weight is 245 g/mol. The molecule has 18 heavy (non-hydrogen) atoms. The van der Waals surface area contributed by atoms with Crippen LogP contribution in [0.2, 0.25) is 0 Å². The molecule has 1 fully saturated rings. The summed E-state index contributed by atoms with van der Waals surface area (Å²) >= 11 is 0. The van der Waals surface area contributed by atoms with Crippen LogP contribution in [-0.4, -0.2) is 18.1 Å². The molecule has 1 aliphatic rings. The number of nitrogens with zero attached hydrogens (tertiary/aromatic N) is 2. The molecule has 0 saturated heterocycles. The second-order valence-corrected chi connectivity index (χ2v) is 4.95. The van der Waals surface area contributed by atoms with Crippen LogP contribution in [0.25, 0.3) is 0 Å². The molecule has 0 unspecified atom stereocenters. The van der Waals surface area contributed by atoms with Gasteiger partial charge in [0.15, 0.2) is 11.6 Å². The normalized spacial score (nSPS) is 23.2. The Balaban J connectivity index is 2.12. The van der Waals surface area contributed by atoms with Gasteiger partial charge in [-0.1, -0.05) is 6.92 Å². The third-order valence-corrected chi connectivity index (χ3v) is 3.59. The molecule has 1 heterocycles. The fourth-order valence-corrected chi connectivity index (χ4v) is 2.44. The van der Waals surface area contributed by atoms with Gasteiger partial charge in [0.05, 0.1) is 12.7 Å². The van der Waals surface area contributed by atoms with Crippen LogP contribution in [-0.2, 0) is 0 Å². The van der Waals surface area contributed by atoms with Gasteiger partial charge in [0.2, 0.25) is 0 Å². The summed E-state index contributed by atoms with van der Waals surface area (Å²) in [6, 6.07) is 4.24. The number of nitriles is 1. The van der Waals surface area contributed by atoms with Crippen molar-refractivity contribution >= 4 is 5.82 Å². The first-order valence-corrected chi connectivity index (χ1v) is 6.44. The van der Waals surface area contributed by atoms with Crippen molar-refractivity contribution < 1.29 is 4.74 Å². The first kappa shape index (κ1) is 12.7. The zero-order valence-corrected chi connectivity index (χ0v) is 10.9. The minimum absolute atomic E-state index is 0.441. The van der Waals surface area contributed by atoms with E-state index in [1.165, 1.54) is 12.8 Å². The number of nitrogens with one attached hydrogen (secondary N) is 1. The van der Waals surface area contributed by atoms with Crippen LogP contribution in [0, 0.1) is 17.2 Å². The fraction of sp³-hybridized carbons (Fsp3) is 0.571. The van der Waals surface area contributed by atoms with E-state index in [1.54, 1.807) is 19.4 Å². The predicted octanol–water partition coefficient (Wildman–Crippen LogP) is 2.95. The van der Waals surface area contributed by atoms with Gasteiger partial charge in [0, 0.05) is 12.2 Å². The van der Waals surface area contributed by atoms with E-state index >= 15 is 0 Å². The molecular formula is C14H19N3O. The molecule has 0 radical (unpaired) electrons. The molecule has 1 aromatic heterocycles. The van der Waals surface area contributed by atoms with Gasteiger partial charge in [0.1, 0.15) is 6.07 Å². The van der Waals surface area contributed by atoms with E-state index in [9.17, 15) is 0 Å². The summed E-state index contributed by atoms with van der Waals surface area (Å²) < 4.78 is 5.28. The summed E-state index contributed by atoms with van der Waals surface area (Å²) in [4.78, 5) is 4.28. The van der Waals surface area contributed by atoms with Crippen LogP contribution in [0.15, 0.2) is 12.3 Å². The third-order valence-electron chi connectivity index (χ3n) is 3.59. The summed E-state index contributed by atoms with van der Waals surface area (Å²) in [6.45, 7) is 2.30. The highest BCUT2D eigenvalue weighted by atomic mass is 16.5. The maximum atomic E-state index is 9.03. The molecule has 0 aromatic carbocycles. The molecule has 1 saturated carbocycles. The molecule has 96 valence electrons. The van der Waals surface area contributed by atoms with Crippen molar-refractivity contribution in [1.29, 1.82) is 5.26 Å². The number of methoxy groups -OCH3 is 1. The first-order valence-electron chi connectivity index (χ1n) is 6.44. The second-order valence-electron chi connectivity index (χ2n) is 4.95. The van der Waals surface area contributed by atoms with E-state index in [1.807, 2.05) is 0 Å². The Hall–Kier alpha value is -1.76. The SMILES string of the molecule is COc1c(C#N)ccnc1N[C@H]1CC[C@H](C)CC1. The van der Waals surface area contributed by atoms with Gasteiger partial charge in [-0.15, -0.1) is 0 Å². The lowest BCUT2D eigenvalue weighted by atomic mass is 9.87. The van der Waals surface area contributed by atoms with Gasteiger partial charge >= 0.3 is 0 Å². The summed E-state index contributed by atoms with van der Waals surface area (Å²) in [5.41, 5.74) is 0.527. The highest BCUT2D eigenvalue weighted by molar-refractivity contribution is 5.58. The number of pyridine rings is 1. The van der Waals surface area contributed by atoms with Crippen LogP contribution in [0.5, 0.6) is 5.75 Å². The highest BCUT2D eigenvalue weighted by Crippen LogP contribution is 2.30. The molecule has 1 aliphatic carbocycles. The predicted molar refractivity (Wildman–Crippen MR) is 70.5 cm³/mol. The number of rotatable bonds is 3. The lowest BCUT2D eigenvalue weighted by Crippen LogP contribution is -2.26. The molecule has 0 spiro atoms. The standard InChI is InChI=1S/C14H19N3O/c1-10-3-5-12(6-4-10)17-14-13(18-2)11(9-15)7-8-16-14/h7-8,10,12H,3-6H2,1-2H3,(H,16,17)/t10-,12-. The molecule has 4 heteroatoms. The summed E-state index contributed by atoms with van der Waals surface area (Å²) in [7, 11) is 1.58.